The van der Waals surface area contributed by atoms with Gasteiger partial charge in [0.25, 0.3) is 0 Å². The fourth-order valence-electron chi connectivity index (χ4n) is 2.27. The van der Waals surface area contributed by atoms with Crippen LogP contribution in [-0.4, -0.2) is 16.1 Å². The van der Waals surface area contributed by atoms with E-state index in [2.05, 4.69) is 42.7 Å². The maximum Gasteiger partial charge on any atom is 0.0946 e. The molecule has 0 aliphatic carbocycles. The summed E-state index contributed by atoms with van der Waals surface area (Å²) < 4.78 is 2.12. The third-order valence-corrected chi connectivity index (χ3v) is 3.08. The first kappa shape index (κ1) is 13.2. The maximum absolute atomic E-state index is 4.20. The van der Waals surface area contributed by atoms with Gasteiger partial charge in [0.05, 0.1) is 12.0 Å². The number of nitrogens with zero attached hydrogens (tertiary/aromatic N) is 2. The highest BCUT2D eigenvalue weighted by molar-refractivity contribution is 5.05. The molecule has 0 saturated heterocycles. The average Bonchev–Trinajstić information content (AvgIpc) is 2.64. The highest BCUT2D eigenvalue weighted by atomic mass is 15.1. The average molecular weight is 223 g/mol. The van der Waals surface area contributed by atoms with E-state index < -0.39 is 0 Å². The van der Waals surface area contributed by atoms with Crippen molar-refractivity contribution in [2.75, 3.05) is 6.54 Å². The molecule has 16 heavy (non-hydrogen) atoms. The smallest absolute Gasteiger partial charge is 0.0946 e. The Bertz CT molecular complexity index is 293. The summed E-state index contributed by atoms with van der Waals surface area (Å²) in [6.07, 6.45) is 7.63. The lowest BCUT2D eigenvalue weighted by atomic mass is 9.95. The summed E-state index contributed by atoms with van der Waals surface area (Å²) in [7, 11) is 2.07. The van der Waals surface area contributed by atoms with Crippen LogP contribution in [0.15, 0.2) is 12.5 Å². The number of rotatable bonds is 7. The van der Waals surface area contributed by atoms with E-state index in [0.29, 0.717) is 6.04 Å². The molecule has 92 valence electrons. The topological polar surface area (TPSA) is 29.9 Å². The fourth-order valence-corrected chi connectivity index (χ4v) is 2.27. The van der Waals surface area contributed by atoms with Crippen molar-refractivity contribution in [2.45, 2.75) is 46.1 Å². The van der Waals surface area contributed by atoms with E-state index >= 15 is 0 Å². The molecule has 2 atom stereocenters. The van der Waals surface area contributed by atoms with Crippen LogP contribution in [0.2, 0.25) is 0 Å². The van der Waals surface area contributed by atoms with Gasteiger partial charge in [0.2, 0.25) is 0 Å². The van der Waals surface area contributed by atoms with Gasteiger partial charge in [0, 0.05) is 19.3 Å². The summed E-state index contributed by atoms with van der Waals surface area (Å²) in [5.41, 5.74) is 1.30. The molecule has 1 aromatic rings. The number of nitrogens with one attached hydrogen (secondary N) is 1. The lowest BCUT2D eigenvalue weighted by Crippen LogP contribution is -2.24. The highest BCUT2D eigenvalue weighted by Crippen LogP contribution is 2.23. The van der Waals surface area contributed by atoms with Gasteiger partial charge in [-0.3, -0.25) is 0 Å². The molecule has 0 radical (unpaired) electrons. The van der Waals surface area contributed by atoms with Crippen molar-refractivity contribution in [2.24, 2.45) is 13.0 Å². The van der Waals surface area contributed by atoms with Gasteiger partial charge in [0.15, 0.2) is 0 Å². The van der Waals surface area contributed by atoms with Gasteiger partial charge in [-0.05, 0) is 18.9 Å². The van der Waals surface area contributed by atoms with E-state index in [1.54, 1.807) is 0 Å². The molecule has 0 aliphatic heterocycles. The van der Waals surface area contributed by atoms with E-state index in [0.717, 1.165) is 12.5 Å². The molecule has 0 fully saturated rings. The number of imidazole rings is 1. The molecule has 2 unspecified atom stereocenters. The number of aromatic nitrogens is 2. The van der Waals surface area contributed by atoms with Crippen LogP contribution in [0, 0.1) is 5.92 Å². The largest absolute Gasteiger partial charge is 0.336 e. The van der Waals surface area contributed by atoms with Crippen LogP contribution in [0.25, 0.3) is 0 Å². The Morgan fingerprint density at radius 1 is 1.44 bits per heavy atom. The molecule has 0 bridgehead atoms. The predicted octanol–water partition coefficient (Wildman–Crippen LogP) is 2.90. The van der Waals surface area contributed by atoms with Gasteiger partial charge < -0.3 is 9.88 Å². The van der Waals surface area contributed by atoms with Crippen molar-refractivity contribution < 1.29 is 0 Å². The van der Waals surface area contributed by atoms with Crippen molar-refractivity contribution in [3.8, 4) is 0 Å². The minimum absolute atomic E-state index is 0.444. The molecular weight excluding hydrogens is 198 g/mol. The Balaban J connectivity index is 2.64. The molecule has 0 aromatic carbocycles. The van der Waals surface area contributed by atoms with Gasteiger partial charge in [0.1, 0.15) is 0 Å². The van der Waals surface area contributed by atoms with Crippen LogP contribution >= 0.6 is 0 Å². The molecule has 1 heterocycles. The second kappa shape index (κ2) is 6.69. The molecule has 1 N–H and O–H groups in total. The molecule has 3 heteroatoms. The Morgan fingerprint density at radius 3 is 2.69 bits per heavy atom. The molecule has 0 amide bonds. The lowest BCUT2D eigenvalue weighted by Gasteiger charge is -2.22. The lowest BCUT2D eigenvalue weighted by molar-refractivity contribution is 0.384. The summed E-state index contributed by atoms with van der Waals surface area (Å²) in [4.78, 5) is 4.20. The van der Waals surface area contributed by atoms with E-state index in [1.165, 1.54) is 25.0 Å². The maximum atomic E-state index is 4.20. The minimum atomic E-state index is 0.444. The van der Waals surface area contributed by atoms with Crippen LogP contribution in [0.5, 0.6) is 0 Å². The van der Waals surface area contributed by atoms with Crippen molar-refractivity contribution in [3.05, 3.63) is 18.2 Å². The van der Waals surface area contributed by atoms with E-state index in [-0.39, 0.29) is 0 Å². The van der Waals surface area contributed by atoms with Gasteiger partial charge >= 0.3 is 0 Å². The van der Waals surface area contributed by atoms with Crippen molar-refractivity contribution >= 4 is 0 Å². The Kier molecular flexibility index (Phi) is 5.53. The second-order valence-corrected chi connectivity index (χ2v) is 4.67. The first-order valence-electron chi connectivity index (χ1n) is 6.38. The van der Waals surface area contributed by atoms with Crippen LogP contribution < -0.4 is 5.32 Å². The summed E-state index contributed by atoms with van der Waals surface area (Å²) in [5, 5.41) is 3.55. The zero-order valence-electron chi connectivity index (χ0n) is 11.0. The standard InChI is InChI=1S/C13H25N3/c1-5-7-11(3)8-12(15-6-2)13-9-14-10-16(13)4/h9-12,15H,5-8H2,1-4H3. The normalized spacial score (nSPS) is 15.0. The number of aryl methyl sites for hydroxylation is 1. The zero-order chi connectivity index (χ0) is 12.0. The first-order chi connectivity index (χ1) is 7.69. The fraction of sp³-hybridized carbons (Fsp3) is 0.769. The van der Waals surface area contributed by atoms with E-state index in [4.69, 9.17) is 0 Å². The monoisotopic (exact) mass is 223 g/mol. The molecular formula is C13H25N3. The predicted molar refractivity (Wildman–Crippen MR) is 68.3 cm³/mol. The SMILES string of the molecule is CCCC(C)CC(NCC)c1cncn1C. The molecule has 0 aliphatic rings. The zero-order valence-corrected chi connectivity index (χ0v) is 11.0. The van der Waals surface area contributed by atoms with Gasteiger partial charge in [-0.15, -0.1) is 0 Å². The van der Waals surface area contributed by atoms with Crippen molar-refractivity contribution in [3.63, 3.8) is 0 Å². The van der Waals surface area contributed by atoms with E-state index in [9.17, 15) is 0 Å². The Morgan fingerprint density at radius 2 is 2.19 bits per heavy atom. The van der Waals surface area contributed by atoms with E-state index in [1.807, 2.05) is 12.5 Å². The van der Waals surface area contributed by atoms with Gasteiger partial charge in [-0.25, -0.2) is 4.98 Å². The molecule has 1 aromatic heterocycles. The van der Waals surface area contributed by atoms with Crippen molar-refractivity contribution in [1.29, 1.82) is 0 Å². The summed E-state index contributed by atoms with van der Waals surface area (Å²) in [5.74, 6) is 0.768. The third kappa shape index (κ3) is 3.63. The van der Waals surface area contributed by atoms with Crippen LogP contribution in [0.3, 0.4) is 0 Å². The van der Waals surface area contributed by atoms with Crippen molar-refractivity contribution in [1.82, 2.24) is 14.9 Å². The Labute approximate surface area is 99.3 Å². The molecule has 1 rings (SSSR count). The minimum Gasteiger partial charge on any atom is -0.336 e. The molecule has 0 saturated carbocycles. The summed E-state index contributed by atoms with van der Waals surface area (Å²) >= 11 is 0. The third-order valence-electron chi connectivity index (χ3n) is 3.08. The van der Waals surface area contributed by atoms with Gasteiger partial charge in [-0.1, -0.05) is 33.6 Å². The quantitative estimate of drug-likeness (QED) is 0.770. The Hall–Kier alpha value is -0.830. The molecule has 3 nitrogen and oxygen atoms in total. The summed E-state index contributed by atoms with van der Waals surface area (Å²) in [6.45, 7) is 7.76. The van der Waals surface area contributed by atoms with Crippen LogP contribution in [0.4, 0.5) is 0 Å². The number of hydrogen-bond acceptors (Lipinski definition) is 2. The highest BCUT2D eigenvalue weighted by Gasteiger charge is 2.16. The van der Waals surface area contributed by atoms with Crippen LogP contribution in [-0.2, 0) is 7.05 Å². The second-order valence-electron chi connectivity index (χ2n) is 4.67. The van der Waals surface area contributed by atoms with Crippen LogP contribution in [0.1, 0.15) is 51.8 Å². The molecule has 0 spiro atoms. The summed E-state index contributed by atoms with van der Waals surface area (Å²) in [6, 6.07) is 0.444. The number of hydrogen-bond donors (Lipinski definition) is 1. The van der Waals surface area contributed by atoms with Gasteiger partial charge in [-0.2, -0.15) is 0 Å². The first-order valence-corrected chi connectivity index (χ1v) is 6.38.